The summed E-state index contributed by atoms with van der Waals surface area (Å²) in [5.41, 5.74) is 9.78. The number of fused-ring (bicyclic) bond motifs is 3. The van der Waals surface area contributed by atoms with Gasteiger partial charge in [-0.25, -0.2) is 15.1 Å². The number of nitrogens with zero attached hydrogens (tertiary/aromatic N) is 5. The second-order valence-corrected chi connectivity index (χ2v) is 11.3. The van der Waals surface area contributed by atoms with Crippen molar-refractivity contribution >= 4 is 39.9 Å². The number of thioether (sulfide) groups is 1. The summed E-state index contributed by atoms with van der Waals surface area (Å²) in [5, 5.41) is 5.48. The Labute approximate surface area is 255 Å². The number of halogens is 3. The molecule has 8 nitrogen and oxygen atoms in total. The van der Waals surface area contributed by atoms with E-state index in [2.05, 4.69) is 68.3 Å². The molecular formula is C30H25F3N6O2S2. The number of hydrogen-bond acceptors (Lipinski definition) is 6. The van der Waals surface area contributed by atoms with Crippen molar-refractivity contribution < 1.29 is 22.7 Å². The number of rotatable bonds is 6. The van der Waals surface area contributed by atoms with E-state index in [1.165, 1.54) is 52.1 Å². The van der Waals surface area contributed by atoms with Crippen molar-refractivity contribution in [2.24, 2.45) is 4.99 Å². The van der Waals surface area contributed by atoms with Crippen LogP contribution in [0, 0.1) is 6.92 Å². The third kappa shape index (κ3) is 6.58. The van der Waals surface area contributed by atoms with Gasteiger partial charge < -0.3 is 4.74 Å². The van der Waals surface area contributed by atoms with E-state index in [1.54, 1.807) is 11.8 Å². The Balaban J connectivity index is 1.04. The summed E-state index contributed by atoms with van der Waals surface area (Å²) in [6.45, 7) is 4.54. The van der Waals surface area contributed by atoms with Crippen LogP contribution in [-0.2, 0) is 11.4 Å². The molecule has 1 atom stereocenters. The zero-order valence-corrected chi connectivity index (χ0v) is 24.6. The summed E-state index contributed by atoms with van der Waals surface area (Å²) in [6.07, 6.45) is -0.979. The highest BCUT2D eigenvalue weighted by molar-refractivity contribution is 8.14. The molecular weight excluding hydrogens is 597 g/mol. The Bertz CT molecular complexity index is 1720. The van der Waals surface area contributed by atoms with E-state index in [9.17, 15) is 13.2 Å². The molecule has 4 aromatic rings. The monoisotopic (exact) mass is 622 g/mol. The molecule has 2 aliphatic heterocycles. The molecule has 6 rings (SSSR count). The fourth-order valence-electron chi connectivity index (χ4n) is 4.83. The second-order valence-electron chi connectivity index (χ2n) is 9.97. The van der Waals surface area contributed by atoms with Crippen molar-refractivity contribution in [2.45, 2.75) is 32.7 Å². The minimum atomic E-state index is -4.74. The van der Waals surface area contributed by atoms with Gasteiger partial charge in [0.1, 0.15) is 12.1 Å². The summed E-state index contributed by atoms with van der Waals surface area (Å²) in [4.78, 5) is 16.7. The summed E-state index contributed by atoms with van der Waals surface area (Å²) in [7, 11) is 0. The van der Waals surface area contributed by atoms with Crippen LogP contribution in [0.3, 0.4) is 0 Å². The number of aliphatic imine (C=N–C) groups is 1. The van der Waals surface area contributed by atoms with E-state index in [0.29, 0.717) is 17.4 Å². The van der Waals surface area contributed by atoms with Gasteiger partial charge in [-0.05, 0) is 66.2 Å². The first-order valence-corrected chi connectivity index (χ1v) is 14.6. The summed E-state index contributed by atoms with van der Waals surface area (Å²) in [6, 6.07) is 19.4. The Morgan fingerprint density at radius 2 is 1.88 bits per heavy atom. The molecule has 3 heterocycles. The lowest BCUT2D eigenvalue weighted by atomic mass is 9.93. The highest BCUT2D eigenvalue weighted by atomic mass is 32.2. The minimum absolute atomic E-state index is 0.237. The molecule has 2 aliphatic rings. The van der Waals surface area contributed by atoms with Crippen molar-refractivity contribution in [3.05, 3.63) is 102 Å². The minimum Gasteiger partial charge on any atom is -0.406 e. The number of ether oxygens (including phenoxy) is 1. The van der Waals surface area contributed by atoms with Crippen LogP contribution in [0.4, 0.5) is 18.9 Å². The first-order valence-electron chi connectivity index (χ1n) is 13.2. The number of hydroxylamine groups is 1. The first kappa shape index (κ1) is 28.9. The molecule has 3 aromatic carbocycles. The number of anilines is 1. The van der Waals surface area contributed by atoms with E-state index < -0.39 is 6.36 Å². The molecule has 13 heteroatoms. The van der Waals surface area contributed by atoms with E-state index >= 15 is 0 Å². The van der Waals surface area contributed by atoms with Crippen molar-refractivity contribution in [3.8, 4) is 22.8 Å². The fraction of sp³-hybridized carbons (Fsp3) is 0.200. The lowest BCUT2D eigenvalue weighted by molar-refractivity contribution is -0.274. The predicted molar refractivity (Wildman–Crippen MR) is 164 cm³/mol. The maximum Gasteiger partial charge on any atom is 0.573 e. The molecule has 0 radical (unpaired) electrons. The van der Waals surface area contributed by atoms with Crippen molar-refractivity contribution in [1.29, 1.82) is 0 Å². The molecule has 1 saturated heterocycles. The first-order chi connectivity index (χ1) is 20.6. The standard InChI is InChI=1S/C30H25F3N6O2S2/c1-18-3-12-25-19(2)14-23-16-43-29(39(23)26(25)13-18)35-28(42)37-40-15-20-4-6-21(7-5-20)27-34-17-38(36-27)22-8-10-24(11-9-22)41-30(31,32)33/h3-14,17,19H,15-16H2,1-2H3,(H,37,42)/b35-29-. The molecule has 220 valence electrons. The normalized spacial score (nSPS) is 17.0. The van der Waals surface area contributed by atoms with Gasteiger partial charge >= 0.3 is 6.36 Å². The Kier molecular flexibility index (Phi) is 7.95. The van der Waals surface area contributed by atoms with E-state index in [4.69, 9.17) is 17.1 Å². The van der Waals surface area contributed by atoms with Crippen LogP contribution in [-0.4, -0.2) is 37.2 Å². The molecule has 0 aliphatic carbocycles. The molecule has 0 saturated carbocycles. The van der Waals surface area contributed by atoms with Crippen LogP contribution < -0.4 is 15.1 Å². The second kappa shape index (κ2) is 11.8. The highest BCUT2D eigenvalue weighted by Crippen LogP contribution is 2.43. The van der Waals surface area contributed by atoms with Gasteiger partial charge in [-0.3, -0.25) is 9.74 Å². The number of aryl methyl sites for hydroxylation is 1. The van der Waals surface area contributed by atoms with Crippen molar-refractivity contribution in [3.63, 3.8) is 0 Å². The van der Waals surface area contributed by atoms with Crippen LogP contribution in [0.2, 0.25) is 0 Å². The van der Waals surface area contributed by atoms with Gasteiger partial charge in [-0.2, -0.15) is 4.99 Å². The number of thiocarbonyl (C=S) groups is 1. The largest absolute Gasteiger partial charge is 0.573 e. The summed E-state index contributed by atoms with van der Waals surface area (Å²) >= 11 is 7.09. The number of aromatic nitrogens is 3. The van der Waals surface area contributed by atoms with Gasteiger partial charge in [0.15, 0.2) is 11.0 Å². The summed E-state index contributed by atoms with van der Waals surface area (Å²) in [5.74, 6) is 1.33. The average Bonchev–Trinajstić information content (AvgIpc) is 3.61. The zero-order valence-electron chi connectivity index (χ0n) is 23.0. The number of amidine groups is 1. The van der Waals surface area contributed by atoms with E-state index in [-0.39, 0.29) is 17.5 Å². The van der Waals surface area contributed by atoms with Gasteiger partial charge in [0, 0.05) is 22.9 Å². The fourth-order valence-corrected chi connectivity index (χ4v) is 6.03. The predicted octanol–water partition coefficient (Wildman–Crippen LogP) is 7.06. The molecule has 0 bridgehead atoms. The molecule has 0 spiro atoms. The number of allylic oxidation sites excluding steroid dienone is 1. The van der Waals surface area contributed by atoms with E-state index in [1.807, 2.05) is 24.3 Å². The Morgan fingerprint density at radius 1 is 1.12 bits per heavy atom. The Morgan fingerprint density at radius 3 is 2.63 bits per heavy atom. The lowest BCUT2D eigenvalue weighted by Crippen LogP contribution is -2.29. The molecule has 1 aromatic heterocycles. The third-order valence-corrected chi connectivity index (χ3v) is 7.97. The molecule has 1 unspecified atom stereocenters. The van der Waals surface area contributed by atoms with Gasteiger partial charge in [0.05, 0.1) is 18.0 Å². The topological polar surface area (TPSA) is 76.8 Å². The van der Waals surface area contributed by atoms with Crippen LogP contribution in [0.1, 0.15) is 29.5 Å². The van der Waals surface area contributed by atoms with Crippen LogP contribution in [0.25, 0.3) is 17.1 Å². The lowest BCUT2D eigenvalue weighted by Gasteiger charge is -2.30. The van der Waals surface area contributed by atoms with Crippen LogP contribution in [0.5, 0.6) is 5.75 Å². The SMILES string of the molecule is Cc1ccc2c(c1)N1C(=CC2C)CS/C1=N\C(=S)NOCc1ccc(-c2ncn(-c3ccc(OC(F)(F)F)cc3)n2)cc1. The quantitative estimate of drug-likeness (QED) is 0.181. The van der Waals surface area contributed by atoms with Crippen LogP contribution in [0.15, 0.2) is 89.8 Å². The maximum atomic E-state index is 12.4. The van der Waals surface area contributed by atoms with Gasteiger partial charge in [0.2, 0.25) is 5.11 Å². The average molecular weight is 623 g/mol. The van der Waals surface area contributed by atoms with Gasteiger partial charge in [-0.15, -0.1) is 18.3 Å². The maximum absolute atomic E-state index is 12.4. The molecule has 1 N–H and O–H groups in total. The van der Waals surface area contributed by atoms with Gasteiger partial charge in [-0.1, -0.05) is 61.2 Å². The van der Waals surface area contributed by atoms with Crippen LogP contribution >= 0.6 is 24.0 Å². The Hall–Kier alpha value is -4.20. The van der Waals surface area contributed by atoms with Crippen molar-refractivity contribution in [1.82, 2.24) is 20.2 Å². The molecule has 1 fully saturated rings. The van der Waals surface area contributed by atoms with E-state index in [0.717, 1.165) is 27.7 Å². The third-order valence-electron chi connectivity index (χ3n) is 6.82. The smallest absolute Gasteiger partial charge is 0.406 e. The number of hydrogen-bond donors (Lipinski definition) is 1. The number of alkyl halides is 3. The number of benzene rings is 3. The molecule has 0 amide bonds. The number of nitrogens with one attached hydrogen (secondary N) is 1. The molecule has 43 heavy (non-hydrogen) atoms. The summed E-state index contributed by atoms with van der Waals surface area (Å²) < 4.78 is 42.6. The van der Waals surface area contributed by atoms with Gasteiger partial charge in [0.25, 0.3) is 0 Å². The zero-order chi connectivity index (χ0) is 30.1. The highest BCUT2D eigenvalue weighted by Gasteiger charge is 2.33. The van der Waals surface area contributed by atoms with Crippen molar-refractivity contribution in [2.75, 3.05) is 10.7 Å².